The Balaban J connectivity index is 1.92. The van der Waals surface area contributed by atoms with Crippen LogP contribution in [0.4, 0.5) is 27.5 Å². The lowest BCUT2D eigenvalue weighted by Gasteiger charge is -2.13. The van der Waals surface area contributed by atoms with Crippen LogP contribution in [0.25, 0.3) is 0 Å². The highest BCUT2D eigenvalue weighted by atomic mass is 19.1. The van der Waals surface area contributed by atoms with E-state index in [4.69, 9.17) is 0 Å². The molecule has 9 heteroatoms. The van der Waals surface area contributed by atoms with Crippen LogP contribution in [0.2, 0.25) is 0 Å². The maximum absolute atomic E-state index is 14.2. The van der Waals surface area contributed by atoms with Gasteiger partial charge in [-0.3, -0.25) is 9.59 Å². The van der Waals surface area contributed by atoms with Crippen molar-refractivity contribution in [1.82, 2.24) is 9.97 Å². The molecular weight excluding hydrogens is 379 g/mol. The third-order valence-corrected chi connectivity index (χ3v) is 4.07. The zero-order chi connectivity index (χ0) is 21.1. The third-order valence-electron chi connectivity index (χ3n) is 4.07. The second-order valence-electron chi connectivity index (χ2n) is 6.16. The molecule has 1 heterocycles. The number of aromatic hydroxyl groups is 2. The molecule has 0 atom stereocenters. The van der Waals surface area contributed by atoms with E-state index in [0.29, 0.717) is 0 Å². The number of hydrogen-bond acceptors (Lipinski definition) is 8. The van der Waals surface area contributed by atoms with Gasteiger partial charge in [-0.25, -0.2) is 9.37 Å². The number of nitrogens with zero attached hydrogens (tertiary/aromatic N) is 2. The fourth-order valence-corrected chi connectivity index (χ4v) is 2.62. The summed E-state index contributed by atoms with van der Waals surface area (Å²) in [4.78, 5) is 30.9. The van der Waals surface area contributed by atoms with Gasteiger partial charge in [0, 0.05) is 0 Å². The highest BCUT2D eigenvalue weighted by Gasteiger charge is 2.15. The van der Waals surface area contributed by atoms with Crippen molar-refractivity contribution in [2.24, 2.45) is 0 Å². The molecule has 1 aromatic heterocycles. The Labute approximate surface area is 165 Å². The zero-order valence-corrected chi connectivity index (χ0v) is 15.5. The summed E-state index contributed by atoms with van der Waals surface area (Å²) < 4.78 is 14.2. The molecule has 29 heavy (non-hydrogen) atoms. The van der Waals surface area contributed by atoms with E-state index in [0.717, 1.165) is 6.20 Å². The fourth-order valence-electron chi connectivity index (χ4n) is 2.62. The summed E-state index contributed by atoms with van der Waals surface area (Å²) in [6.07, 6.45) is 0.898. The van der Waals surface area contributed by atoms with Crippen molar-refractivity contribution in [3.05, 3.63) is 59.5 Å². The molecule has 0 aliphatic carbocycles. The SMILES string of the molecule is CC(=O)c1cccc(Nc2ncc(F)c(Nc3cccc(C(C)=O)c3O)n2)c1O. The quantitative estimate of drug-likeness (QED) is 0.365. The summed E-state index contributed by atoms with van der Waals surface area (Å²) in [6, 6.07) is 8.96. The zero-order valence-electron chi connectivity index (χ0n) is 15.5. The van der Waals surface area contributed by atoms with Crippen LogP contribution in [0.15, 0.2) is 42.6 Å². The molecule has 0 saturated carbocycles. The number of phenolic OH excluding ortho intramolecular Hbond substituents is 2. The summed E-state index contributed by atoms with van der Waals surface area (Å²) >= 11 is 0. The van der Waals surface area contributed by atoms with Gasteiger partial charge in [-0.2, -0.15) is 4.98 Å². The van der Waals surface area contributed by atoms with Crippen LogP contribution < -0.4 is 10.6 Å². The number of benzene rings is 2. The van der Waals surface area contributed by atoms with Crippen LogP contribution in [0.1, 0.15) is 34.6 Å². The summed E-state index contributed by atoms with van der Waals surface area (Å²) in [5, 5.41) is 25.7. The first-order valence-corrected chi connectivity index (χ1v) is 8.50. The summed E-state index contributed by atoms with van der Waals surface area (Å²) in [7, 11) is 0. The molecule has 8 nitrogen and oxygen atoms in total. The second-order valence-corrected chi connectivity index (χ2v) is 6.16. The summed E-state index contributed by atoms with van der Waals surface area (Å²) in [5.41, 5.74) is 0.439. The third kappa shape index (κ3) is 4.13. The first-order chi connectivity index (χ1) is 13.8. The van der Waals surface area contributed by atoms with E-state index in [-0.39, 0.29) is 57.3 Å². The largest absolute Gasteiger partial charge is 0.505 e. The number of Topliss-reactive ketones (excluding diaryl/α,β-unsaturated/α-hetero) is 2. The number of halogens is 1. The van der Waals surface area contributed by atoms with Crippen molar-refractivity contribution >= 4 is 34.7 Å². The average molecular weight is 396 g/mol. The predicted molar refractivity (Wildman–Crippen MR) is 105 cm³/mol. The van der Waals surface area contributed by atoms with Crippen molar-refractivity contribution < 1.29 is 24.2 Å². The molecule has 0 amide bonds. The lowest BCUT2D eigenvalue weighted by molar-refractivity contribution is 0.100. The molecular formula is C20H17FN4O4. The first-order valence-electron chi connectivity index (χ1n) is 8.50. The summed E-state index contributed by atoms with van der Waals surface area (Å²) in [6.45, 7) is 2.62. The fraction of sp³-hybridized carbons (Fsp3) is 0.100. The van der Waals surface area contributed by atoms with Crippen LogP contribution in [0.3, 0.4) is 0 Å². The van der Waals surface area contributed by atoms with Crippen LogP contribution in [-0.2, 0) is 0 Å². The molecule has 0 radical (unpaired) electrons. The monoisotopic (exact) mass is 396 g/mol. The average Bonchev–Trinajstić information content (AvgIpc) is 2.67. The molecule has 4 N–H and O–H groups in total. The van der Waals surface area contributed by atoms with E-state index in [1.54, 1.807) is 6.07 Å². The van der Waals surface area contributed by atoms with Crippen molar-refractivity contribution in [2.45, 2.75) is 13.8 Å². The number of carbonyl (C=O) groups is 2. The first kappa shape index (κ1) is 19.7. The van der Waals surface area contributed by atoms with Gasteiger partial charge in [0.15, 0.2) is 23.2 Å². The molecule has 0 unspecified atom stereocenters. The van der Waals surface area contributed by atoms with Crippen LogP contribution in [0, 0.1) is 5.82 Å². The molecule has 0 saturated heterocycles. The van der Waals surface area contributed by atoms with Crippen LogP contribution >= 0.6 is 0 Å². The molecule has 0 aliphatic rings. The van der Waals surface area contributed by atoms with E-state index in [1.807, 2.05) is 0 Å². The van der Waals surface area contributed by atoms with E-state index in [1.165, 1.54) is 44.2 Å². The second kappa shape index (κ2) is 7.93. The predicted octanol–water partition coefficient (Wildman–Crippen LogP) is 3.92. The van der Waals surface area contributed by atoms with Gasteiger partial charge in [0.25, 0.3) is 0 Å². The minimum absolute atomic E-state index is 0.0629. The molecule has 0 aliphatic heterocycles. The lowest BCUT2D eigenvalue weighted by atomic mass is 10.1. The lowest BCUT2D eigenvalue weighted by Crippen LogP contribution is -2.05. The van der Waals surface area contributed by atoms with Gasteiger partial charge in [-0.05, 0) is 38.1 Å². The Morgan fingerprint density at radius 2 is 1.41 bits per heavy atom. The van der Waals surface area contributed by atoms with Gasteiger partial charge in [0.2, 0.25) is 5.95 Å². The minimum Gasteiger partial charge on any atom is -0.505 e. The van der Waals surface area contributed by atoms with Crippen LogP contribution in [-0.4, -0.2) is 31.7 Å². The van der Waals surface area contributed by atoms with Gasteiger partial charge < -0.3 is 20.8 Å². The number of hydrogen-bond donors (Lipinski definition) is 4. The number of anilines is 4. The maximum atomic E-state index is 14.2. The molecule has 0 spiro atoms. The van der Waals surface area contributed by atoms with Crippen molar-refractivity contribution in [1.29, 1.82) is 0 Å². The van der Waals surface area contributed by atoms with Gasteiger partial charge in [-0.1, -0.05) is 12.1 Å². The van der Waals surface area contributed by atoms with E-state index < -0.39 is 5.82 Å². The Bertz CT molecular complexity index is 1120. The molecule has 2 aromatic carbocycles. The van der Waals surface area contributed by atoms with Gasteiger partial charge in [-0.15, -0.1) is 0 Å². The highest BCUT2D eigenvalue weighted by Crippen LogP contribution is 2.32. The van der Waals surface area contributed by atoms with Crippen molar-refractivity contribution in [3.8, 4) is 11.5 Å². The van der Waals surface area contributed by atoms with Gasteiger partial charge in [0.05, 0.1) is 28.7 Å². The Morgan fingerprint density at radius 1 is 0.897 bits per heavy atom. The Kier molecular flexibility index (Phi) is 5.40. The number of para-hydroxylation sites is 2. The van der Waals surface area contributed by atoms with Gasteiger partial charge >= 0.3 is 0 Å². The van der Waals surface area contributed by atoms with Crippen molar-refractivity contribution in [3.63, 3.8) is 0 Å². The number of rotatable bonds is 6. The van der Waals surface area contributed by atoms with Gasteiger partial charge in [0.1, 0.15) is 11.5 Å². The molecule has 148 valence electrons. The molecule has 3 rings (SSSR count). The normalized spacial score (nSPS) is 10.4. The number of nitrogens with one attached hydrogen (secondary N) is 2. The molecule has 0 fully saturated rings. The standard InChI is InChI=1S/C20H17FN4O4/c1-10(26)12-5-3-7-15(17(12)28)23-19-14(21)9-22-20(25-19)24-16-8-4-6-13(11(2)27)18(16)29/h3-9,28-29H,1-2H3,(H2,22,23,24,25). The van der Waals surface area contributed by atoms with E-state index >= 15 is 0 Å². The smallest absolute Gasteiger partial charge is 0.229 e. The Morgan fingerprint density at radius 3 is 1.93 bits per heavy atom. The van der Waals surface area contributed by atoms with Crippen molar-refractivity contribution in [2.75, 3.05) is 10.6 Å². The topological polar surface area (TPSA) is 124 Å². The number of phenols is 2. The number of carbonyl (C=O) groups excluding carboxylic acids is 2. The maximum Gasteiger partial charge on any atom is 0.229 e. The summed E-state index contributed by atoms with van der Waals surface area (Å²) in [5.74, 6) is -2.42. The van der Waals surface area contributed by atoms with Crippen LogP contribution in [0.5, 0.6) is 11.5 Å². The highest BCUT2D eigenvalue weighted by molar-refractivity contribution is 5.99. The molecule has 0 bridgehead atoms. The van der Waals surface area contributed by atoms with E-state index in [2.05, 4.69) is 20.6 Å². The van der Waals surface area contributed by atoms with E-state index in [9.17, 15) is 24.2 Å². The minimum atomic E-state index is -0.801. The number of ketones is 2. The molecule has 3 aromatic rings. The Hall–Kier alpha value is -4.01. The number of aromatic nitrogens is 2.